The second-order valence-corrected chi connectivity index (χ2v) is 9.22. The number of nitro benzene ring substituents is 1. The molecule has 2 atom stereocenters. The van der Waals surface area contributed by atoms with E-state index in [-0.39, 0.29) is 6.42 Å². The van der Waals surface area contributed by atoms with Gasteiger partial charge in [0, 0.05) is 12.5 Å². The smallest absolute Gasteiger partial charge is 0.328 e. The Kier molecular flexibility index (Phi) is 7.59. The van der Waals surface area contributed by atoms with Gasteiger partial charge in [-0.3, -0.25) is 14.9 Å². The fraction of sp³-hybridized carbons (Fsp3) is 0.217. The monoisotopic (exact) mass is 485 g/mol. The Labute approximate surface area is 196 Å². The van der Waals surface area contributed by atoms with Gasteiger partial charge in [-0.15, -0.1) is 0 Å². The lowest BCUT2D eigenvalue weighted by Gasteiger charge is -2.20. The molecule has 34 heavy (non-hydrogen) atoms. The summed E-state index contributed by atoms with van der Waals surface area (Å²) in [4.78, 5) is 34.8. The van der Waals surface area contributed by atoms with Crippen molar-refractivity contribution in [2.45, 2.75) is 30.3 Å². The summed E-state index contributed by atoms with van der Waals surface area (Å²) < 4.78 is 32.3. The van der Waals surface area contributed by atoms with Gasteiger partial charge in [0.05, 0.1) is 18.1 Å². The van der Waals surface area contributed by atoms with Crippen LogP contribution in [0.25, 0.3) is 10.8 Å². The highest BCUT2D eigenvalue weighted by Gasteiger charge is 2.30. The van der Waals surface area contributed by atoms with Crippen LogP contribution >= 0.6 is 0 Å². The van der Waals surface area contributed by atoms with Gasteiger partial charge in [0.1, 0.15) is 6.04 Å². The van der Waals surface area contributed by atoms with Crippen molar-refractivity contribution in [3.05, 3.63) is 82.4 Å². The third-order valence-electron chi connectivity index (χ3n) is 5.13. The van der Waals surface area contributed by atoms with Crippen LogP contribution in [0.3, 0.4) is 0 Å². The van der Waals surface area contributed by atoms with Crippen molar-refractivity contribution in [3.63, 3.8) is 0 Å². The highest BCUT2D eigenvalue weighted by atomic mass is 32.2. The molecule has 0 aliphatic carbocycles. The number of carbonyl (C=O) groups excluding carboxylic acids is 2. The second kappa shape index (κ2) is 10.4. The maximum atomic E-state index is 12.7. The minimum absolute atomic E-state index is 0.118. The molecule has 10 nitrogen and oxygen atoms in total. The molecule has 2 N–H and O–H groups in total. The van der Waals surface area contributed by atoms with Crippen molar-refractivity contribution >= 4 is 38.4 Å². The van der Waals surface area contributed by atoms with E-state index in [9.17, 15) is 28.1 Å². The first-order valence-corrected chi connectivity index (χ1v) is 11.7. The third-order valence-corrected chi connectivity index (χ3v) is 6.72. The average molecular weight is 486 g/mol. The van der Waals surface area contributed by atoms with Crippen molar-refractivity contribution in [3.8, 4) is 0 Å². The van der Waals surface area contributed by atoms with E-state index in [0.29, 0.717) is 0 Å². The van der Waals surface area contributed by atoms with Gasteiger partial charge in [-0.1, -0.05) is 54.6 Å². The topological polar surface area (TPSA) is 145 Å². The summed E-state index contributed by atoms with van der Waals surface area (Å²) in [5, 5.41) is 15.7. The van der Waals surface area contributed by atoms with Crippen LogP contribution in [0.1, 0.15) is 12.5 Å². The summed E-state index contributed by atoms with van der Waals surface area (Å²) in [6.07, 6.45) is 0.118. The molecule has 0 saturated carbocycles. The zero-order valence-electron chi connectivity index (χ0n) is 18.4. The Hall–Kier alpha value is -3.83. The Morgan fingerprint density at radius 1 is 1.03 bits per heavy atom. The summed E-state index contributed by atoms with van der Waals surface area (Å²) in [6, 6.07) is 15.7. The second-order valence-electron chi connectivity index (χ2n) is 7.54. The number of hydrogen-bond acceptors (Lipinski definition) is 7. The van der Waals surface area contributed by atoms with E-state index in [0.717, 1.165) is 28.5 Å². The summed E-state index contributed by atoms with van der Waals surface area (Å²) in [6.45, 7) is 1.27. The minimum Gasteiger partial charge on any atom is -0.467 e. The van der Waals surface area contributed by atoms with Crippen molar-refractivity contribution in [1.82, 2.24) is 10.0 Å². The maximum Gasteiger partial charge on any atom is 0.328 e. The number of nitrogens with zero attached hydrogens (tertiary/aromatic N) is 1. The normalized spacial score (nSPS) is 13.1. The first-order chi connectivity index (χ1) is 16.1. The number of nitrogens with one attached hydrogen (secondary N) is 2. The average Bonchev–Trinajstić information content (AvgIpc) is 2.82. The molecule has 0 aliphatic heterocycles. The van der Waals surface area contributed by atoms with Crippen molar-refractivity contribution < 1.29 is 27.7 Å². The Balaban J connectivity index is 1.76. The highest BCUT2D eigenvalue weighted by molar-refractivity contribution is 7.89. The Bertz CT molecular complexity index is 1340. The SMILES string of the molecule is COC(=O)[C@H](Cc1ccc2ccccc2c1)NC(=O)[C@H](C)NS(=O)(=O)c1ccccc1[N+](=O)[O-]. The number of fused-ring (bicyclic) bond motifs is 1. The molecular weight excluding hydrogens is 462 g/mol. The molecule has 0 radical (unpaired) electrons. The largest absolute Gasteiger partial charge is 0.467 e. The van der Waals surface area contributed by atoms with E-state index >= 15 is 0 Å². The fourth-order valence-corrected chi connectivity index (χ4v) is 4.79. The van der Waals surface area contributed by atoms with Crippen LogP contribution in [-0.4, -0.2) is 44.4 Å². The first-order valence-electron chi connectivity index (χ1n) is 10.2. The van der Waals surface area contributed by atoms with Crippen LogP contribution in [0.4, 0.5) is 5.69 Å². The van der Waals surface area contributed by atoms with Crippen LogP contribution in [-0.2, 0) is 30.8 Å². The summed E-state index contributed by atoms with van der Waals surface area (Å²) in [5.74, 6) is -1.49. The van der Waals surface area contributed by atoms with Crippen LogP contribution in [0, 0.1) is 10.1 Å². The molecule has 0 unspecified atom stereocenters. The number of para-hydroxylation sites is 1. The Morgan fingerprint density at radius 3 is 2.35 bits per heavy atom. The van der Waals surface area contributed by atoms with Crippen LogP contribution in [0.5, 0.6) is 0 Å². The number of hydrogen-bond donors (Lipinski definition) is 2. The lowest BCUT2D eigenvalue weighted by molar-refractivity contribution is -0.387. The zero-order chi connectivity index (χ0) is 24.9. The number of benzene rings is 3. The summed E-state index contributed by atoms with van der Waals surface area (Å²) in [7, 11) is -3.21. The number of esters is 1. The number of methoxy groups -OCH3 is 1. The molecule has 178 valence electrons. The molecule has 3 rings (SSSR count). The quantitative estimate of drug-likeness (QED) is 0.269. The number of sulfonamides is 1. The maximum absolute atomic E-state index is 12.7. The predicted octanol–water partition coefficient (Wildman–Crippen LogP) is 2.32. The predicted molar refractivity (Wildman–Crippen MR) is 124 cm³/mol. The molecule has 0 spiro atoms. The number of rotatable bonds is 9. The van der Waals surface area contributed by atoms with Crippen molar-refractivity contribution in [2.75, 3.05) is 7.11 Å². The standard InChI is InChI=1S/C23H23N3O7S/c1-15(25-34(31,32)21-10-6-5-9-20(21)26(29)30)22(27)24-19(23(28)33-2)14-16-11-12-17-7-3-4-8-18(17)13-16/h3-13,15,19,25H,14H2,1-2H3,(H,24,27)/t15-,19-/m0/s1. The van der Waals surface area contributed by atoms with Gasteiger partial charge in [-0.2, -0.15) is 4.72 Å². The van der Waals surface area contributed by atoms with Gasteiger partial charge in [0.25, 0.3) is 5.69 Å². The zero-order valence-corrected chi connectivity index (χ0v) is 19.2. The molecule has 0 bridgehead atoms. The molecule has 1 amide bonds. The molecular formula is C23H23N3O7S. The third kappa shape index (κ3) is 5.74. The van der Waals surface area contributed by atoms with E-state index in [2.05, 4.69) is 10.0 Å². The highest BCUT2D eigenvalue weighted by Crippen LogP contribution is 2.23. The molecule has 0 saturated heterocycles. The molecule has 0 heterocycles. The lowest BCUT2D eigenvalue weighted by atomic mass is 10.0. The lowest BCUT2D eigenvalue weighted by Crippen LogP contribution is -2.51. The molecule has 0 aliphatic rings. The van der Waals surface area contributed by atoms with Crippen LogP contribution < -0.4 is 10.0 Å². The van der Waals surface area contributed by atoms with Crippen molar-refractivity contribution in [1.29, 1.82) is 0 Å². The number of ether oxygens (including phenoxy) is 1. The summed E-state index contributed by atoms with van der Waals surface area (Å²) in [5.41, 5.74) is 0.147. The van der Waals surface area contributed by atoms with E-state index in [4.69, 9.17) is 4.74 Å². The van der Waals surface area contributed by atoms with Gasteiger partial charge < -0.3 is 10.1 Å². The van der Waals surface area contributed by atoms with Gasteiger partial charge >= 0.3 is 5.97 Å². The molecule has 11 heteroatoms. The van der Waals surface area contributed by atoms with Crippen LogP contribution in [0.15, 0.2) is 71.6 Å². The molecule has 3 aromatic rings. The van der Waals surface area contributed by atoms with Gasteiger partial charge in [0.15, 0.2) is 4.90 Å². The fourth-order valence-electron chi connectivity index (χ4n) is 3.42. The van der Waals surface area contributed by atoms with E-state index in [1.165, 1.54) is 26.2 Å². The Morgan fingerprint density at radius 2 is 1.68 bits per heavy atom. The van der Waals surface area contributed by atoms with Crippen LogP contribution in [0.2, 0.25) is 0 Å². The van der Waals surface area contributed by atoms with Gasteiger partial charge in [-0.05, 0) is 29.3 Å². The molecule has 0 fully saturated rings. The number of carbonyl (C=O) groups is 2. The number of amides is 1. The summed E-state index contributed by atoms with van der Waals surface area (Å²) >= 11 is 0. The first kappa shape index (κ1) is 24.8. The molecule has 3 aromatic carbocycles. The number of nitro groups is 1. The van der Waals surface area contributed by atoms with E-state index in [1.54, 1.807) is 0 Å². The van der Waals surface area contributed by atoms with Gasteiger partial charge in [0.2, 0.25) is 15.9 Å². The van der Waals surface area contributed by atoms with Gasteiger partial charge in [-0.25, -0.2) is 13.2 Å². The van der Waals surface area contributed by atoms with Crippen molar-refractivity contribution in [2.24, 2.45) is 0 Å². The van der Waals surface area contributed by atoms with E-state index in [1.807, 2.05) is 42.5 Å². The minimum atomic E-state index is -4.39. The molecule has 0 aromatic heterocycles. The van der Waals surface area contributed by atoms with E-state index < -0.39 is 49.5 Å².